The minimum Gasteiger partial charge on any atom is -0.348 e. The van der Waals surface area contributed by atoms with Gasteiger partial charge in [-0.25, -0.2) is 4.98 Å². The van der Waals surface area contributed by atoms with Crippen LogP contribution in [0.5, 0.6) is 0 Å². The Labute approximate surface area is 61.7 Å². The number of aromatic amines is 1. The van der Waals surface area contributed by atoms with Gasteiger partial charge >= 0.3 is 0 Å². The number of hydrogen-bond donors (Lipinski definition) is 1. The van der Waals surface area contributed by atoms with Crippen molar-refractivity contribution in [2.24, 2.45) is 0 Å². The first-order valence-electron chi connectivity index (χ1n) is 3.68. The molecule has 0 fully saturated rings. The zero-order valence-corrected chi connectivity index (χ0v) is 6.52. The number of nitrogens with one attached hydrogen (secondary N) is 1. The Balaban J connectivity index is 2.42. The van der Waals surface area contributed by atoms with E-state index in [0.717, 1.165) is 17.9 Å². The number of unbranched alkanes of at least 4 members (excludes halogenated alkanes) is 1. The van der Waals surface area contributed by atoms with Crippen molar-refractivity contribution in [3.05, 3.63) is 24.1 Å². The van der Waals surface area contributed by atoms with Gasteiger partial charge in [0.2, 0.25) is 0 Å². The largest absolute Gasteiger partial charge is 0.348 e. The Bertz CT molecular complexity index is 191. The molecule has 0 atom stereocenters. The Hall–Kier alpha value is -0.790. The molecule has 0 amide bonds. The van der Waals surface area contributed by atoms with Crippen molar-refractivity contribution < 1.29 is 0 Å². The molecular formula is C8H13N2. The summed E-state index contributed by atoms with van der Waals surface area (Å²) < 4.78 is 0. The van der Waals surface area contributed by atoms with Crippen LogP contribution in [0, 0.1) is 13.3 Å². The molecule has 0 aliphatic rings. The van der Waals surface area contributed by atoms with E-state index in [1.54, 1.807) is 0 Å². The molecule has 2 heteroatoms. The number of H-pyrrole nitrogens is 1. The highest BCUT2D eigenvalue weighted by Gasteiger charge is 1.95. The van der Waals surface area contributed by atoms with E-state index in [-0.39, 0.29) is 0 Å². The predicted molar refractivity (Wildman–Crippen MR) is 41.6 cm³/mol. The second-order valence-electron chi connectivity index (χ2n) is 2.42. The molecule has 0 saturated carbocycles. The van der Waals surface area contributed by atoms with Crippen molar-refractivity contribution in [2.45, 2.75) is 26.7 Å². The first-order chi connectivity index (χ1) is 4.83. The Morgan fingerprint density at radius 2 is 2.50 bits per heavy atom. The van der Waals surface area contributed by atoms with Gasteiger partial charge in [0, 0.05) is 12.6 Å². The molecule has 1 aromatic heterocycles. The minimum atomic E-state index is 0.999. The van der Waals surface area contributed by atoms with Crippen molar-refractivity contribution in [1.29, 1.82) is 0 Å². The Morgan fingerprint density at radius 3 is 3.00 bits per heavy atom. The maximum atomic E-state index is 4.24. The van der Waals surface area contributed by atoms with E-state index in [9.17, 15) is 0 Å². The molecule has 0 aromatic carbocycles. The smallest absolute Gasteiger partial charge is 0.110 e. The van der Waals surface area contributed by atoms with Crippen LogP contribution in [0.25, 0.3) is 0 Å². The third kappa shape index (κ3) is 1.87. The molecule has 1 rings (SSSR count). The predicted octanol–water partition coefficient (Wildman–Crippen LogP) is 2.07. The summed E-state index contributed by atoms with van der Waals surface area (Å²) in [5.41, 5.74) is 1.06. The van der Waals surface area contributed by atoms with Crippen molar-refractivity contribution in [3.8, 4) is 0 Å². The third-order valence-electron chi connectivity index (χ3n) is 1.35. The van der Waals surface area contributed by atoms with Crippen LogP contribution in [0.15, 0.2) is 6.20 Å². The van der Waals surface area contributed by atoms with Gasteiger partial charge in [-0.05, 0) is 13.3 Å². The van der Waals surface area contributed by atoms with Gasteiger partial charge in [0.1, 0.15) is 5.82 Å². The summed E-state index contributed by atoms with van der Waals surface area (Å²) in [5, 5.41) is 0. The molecule has 2 nitrogen and oxygen atoms in total. The highest BCUT2D eigenvalue weighted by Crippen LogP contribution is 2.02. The van der Waals surface area contributed by atoms with E-state index in [4.69, 9.17) is 0 Å². The molecule has 1 aromatic rings. The fourth-order valence-electron chi connectivity index (χ4n) is 0.819. The third-order valence-corrected chi connectivity index (χ3v) is 1.35. The summed E-state index contributed by atoms with van der Waals surface area (Å²) in [7, 11) is 0. The van der Waals surface area contributed by atoms with Crippen LogP contribution >= 0.6 is 0 Å². The number of aromatic nitrogens is 2. The lowest BCUT2D eigenvalue weighted by atomic mass is 10.2. The maximum absolute atomic E-state index is 4.24. The van der Waals surface area contributed by atoms with Gasteiger partial charge in [0.05, 0.1) is 5.69 Å². The molecule has 1 radical (unpaired) electrons. The van der Waals surface area contributed by atoms with Crippen molar-refractivity contribution in [3.63, 3.8) is 0 Å². The first kappa shape index (κ1) is 7.32. The van der Waals surface area contributed by atoms with E-state index in [1.807, 2.05) is 13.1 Å². The Morgan fingerprint density at radius 1 is 1.70 bits per heavy atom. The molecule has 0 aliphatic carbocycles. The summed E-state index contributed by atoms with van der Waals surface area (Å²) in [6.45, 7) is 4.14. The zero-order chi connectivity index (χ0) is 7.40. The first-order valence-corrected chi connectivity index (χ1v) is 3.68. The molecule has 55 valence electrons. The summed E-state index contributed by atoms with van der Waals surface area (Å²) in [6.07, 6.45) is 6.32. The fraction of sp³-hybridized carbons (Fsp3) is 0.500. The van der Waals surface area contributed by atoms with Crippen LogP contribution in [0.4, 0.5) is 0 Å². The molecule has 1 N–H and O–H groups in total. The van der Waals surface area contributed by atoms with E-state index in [0.29, 0.717) is 0 Å². The average molecular weight is 137 g/mol. The monoisotopic (exact) mass is 137 g/mol. The van der Waals surface area contributed by atoms with Crippen molar-refractivity contribution in [2.75, 3.05) is 0 Å². The van der Waals surface area contributed by atoms with Gasteiger partial charge in [0.15, 0.2) is 0 Å². The summed E-state index contributed by atoms with van der Waals surface area (Å²) in [5.74, 6) is 0.999. The quantitative estimate of drug-likeness (QED) is 0.678. The molecule has 0 spiro atoms. The molecule has 10 heavy (non-hydrogen) atoms. The maximum Gasteiger partial charge on any atom is 0.110 e. The second kappa shape index (κ2) is 3.40. The van der Waals surface area contributed by atoms with Gasteiger partial charge < -0.3 is 4.98 Å². The van der Waals surface area contributed by atoms with Gasteiger partial charge in [-0.3, -0.25) is 0 Å². The summed E-state index contributed by atoms with van der Waals surface area (Å²) >= 11 is 0. The van der Waals surface area contributed by atoms with Crippen LogP contribution in [0.1, 0.15) is 31.3 Å². The summed E-state index contributed by atoms with van der Waals surface area (Å²) in [4.78, 5) is 7.31. The average Bonchev–Trinajstić information content (AvgIpc) is 2.31. The van der Waals surface area contributed by atoms with E-state index in [2.05, 4.69) is 23.3 Å². The van der Waals surface area contributed by atoms with E-state index in [1.165, 1.54) is 6.42 Å². The van der Waals surface area contributed by atoms with Crippen molar-refractivity contribution in [1.82, 2.24) is 9.97 Å². The van der Waals surface area contributed by atoms with Crippen LogP contribution in [0.3, 0.4) is 0 Å². The van der Waals surface area contributed by atoms with Gasteiger partial charge in [0.25, 0.3) is 0 Å². The number of rotatable bonds is 3. The minimum absolute atomic E-state index is 0.999. The van der Waals surface area contributed by atoms with Crippen LogP contribution in [-0.4, -0.2) is 9.97 Å². The summed E-state index contributed by atoms with van der Waals surface area (Å²) in [6, 6.07) is 0. The zero-order valence-electron chi connectivity index (χ0n) is 6.52. The van der Waals surface area contributed by atoms with Gasteiger partial charge in [-0.2, -0.15) is 0 Å². The van der Waals surface area contributed by atoms with Crippen LogP contribution in [0.2, 0.25) is 0 Å². The standard InChI is InChI=1S/C8H13N2/c1-3-4-5-8-9-6-7(2)10-8/h5-6H,3-4H2,1-2H3,(H,9,10). The van der Waals surface area contributed by atoms with E-state index < -0.39 is 0 Å². The van der Waals surface area contributed by atoms with Gasteiger partial charge in [-0.1, -0.05) is 13.3 Å². The van der Waals surface area contributed by atoms with Crippen molar-refractivity contribution >= 4 is 0 Å². The molecule has 0 bridgehead atoms. The van der Waals surface area contributed by atoms with Gasteiger partial charge in [-0.15, -0.1) is 0 Å². The lowest BCUT2D eigenvalue weighted by Gasteiger charge is -1.90. The number of hydrogen-bond acceptors (Lipinski definition) is 1. The SMILES string of the molecule is CCC[CH]c1nc(C)c[nH]1. The lowest BCUT2D eigenvalue weighted by Crippen LogP contribution is -1.83. The molecule has 0 unspecified atom stereocenters. The van der Waals surface area contributed by atoms with Crippen LogP contribution < -0.4 is 0 Å². The Kier molecular flexibility index (Phi) is 2.49. The normalized spacial score (nSPS) is 10.2. The second-order valence-corrected chi connectivity index (χ2v) is 2.42. The number of aryl methyl sites for hydroxylation is 1. The molecule has 1 heterocycles. The molecular weight excluding hydrogens is 124 g/mol. The van der Waals surface area contributed by atoms with E-state index >= 15 is 0 Å². The number of nitrogens with zero attached hydrogens (tertiary/aromatic N) is 1. The molecule has 0 aliphatic heterocycles. The molecule has 0 saturated heterocycles. The lowest BCUT2D eigenvalue weighted by molar-refractivity contribution is 0.889. The number of imidazole rings is 1. The highest BCUT2D eigenvalue weighted by molar-refractivity contribution is 5.06. The topological polar surface area (TPSA) is 28.7 Å². The van der Waals surface area contributed by atoms with Crippen LogP contribution in [-0.2, 0) is 0 Å². The highest BCUT2D eigenvalue weighted by atomic mass is 14.9. The fourth-order valence-corrected chi connectivity index (χ4v) is 0.819.